The third kappa shape index (κ3) is 8.16. The summed E-state index contributed by atoms with van der Waals surface area (Å²) in [6, 6.07) is 21.6. The summed E-state index contributed by atoms with van der Waals surface area (Å²) in [5.74, 6) is -0.581. The summed E-state index contributed by atoms with van der Waals surface area (Å²) in [6.07, 6.45) is 1.22. The summed E-state index contributed by atoms with van der Waals surface area (Å²) >= 11 is 0. The Morgan fingerprint density at radius 1 is 0.925 bits per heavy atom. The minimum absolute atomic E-state index is 0.0375. The second-order valence-electron chi connectivity index (χ2n) is 9.35. The van der Waals surface area contributed by atoms with Gasteiger partial charge in [0.05, 0.1) is 19.1 Å². The zero-order valence-corrected chi connectivity index (χ0v) is 24.0. The molecule has 1 N–H and O–H groups in total. The number of hydrogen-bond donors (Lipinski definition) is 1. The Morgan fingerprint density at radius 3 is 2.23 bits per heavy atom. The summed E-state index contributed by atoms with van der Waals surface area (Å²) < 4.78 is 32.1. The van der Waals surface area contributed by atoms with Crippen molar-refractivity contribution in [3.05, 3.63) is 95.6 Å². The van der Waals surface area contributed by atoms with E-state index < -0.39 is 28.5 Å². The number of carbonyl (C=O) groups is 3. The molecule has 0 aliphatic heterocycles. The van der Waals surface area contributed by atoms with E-state index in [1.54, 1.807) is 37.3 Å². The normalized spacial score (nSPS) is 11.8. The maximum atomic E-state index is 14.0. The Morgan fingerprint density at radius 2 is 1.60 bits per heavy atom. The fourth-order valence-electron chi connectivity index (χ4n) is 4.31. The van der Waals surface area contributed by atoms with Gasteiger partial charge >= 0.3 is 0 Å². The van der Waals surface area contributed by atoms with E-state index in [0.29, 0.717) is 23.4 Å². The fourth-order valence-corrected chi connectivity index (χ4v) is 5.15. The number of nitrogens with zero attached hydrogens (tertiary/aromatic N) is 2. The molecule has 0 fully saturated rings. The van der Waals surface area contributed by atoms with Crippen molar-refractivity contribution in [1.29, 1.82) is 0 Å². The van der Waals surface area contributed by atoms with Crippen molar-refractivity contribution in [3.63, 3.8) is 0 Å². The molecular formula is C30H35N3O6S. The molecule has 0 bridgehead atoms. The highest BCUT2D eigenvalue weighted by Gasteiger charge is 2.33. The first-order valence-electron chi connectivity index (χ1n) is 12.9. The molecule has 9 nitrogen and oxygen atoms in total. The van der Waals surface area contributed by atoms with Crippen LogP contribution >= 0.6 is 0 Å². The van der Waals surface area contributed by atoms with Crippen LogP contribution < -0.4 is 14.4 Å². The summed E-state index contributed by atoms with van der Waals surface area (Å²) in [5, 5.41) is 2.82. The number of benzene rings is 3. The molecule has 0 aliphatic carbocycles. The molecule has 3 aromatic carbocycles. The molecule has 0 heterocycles. The van der Waals surface area contributed by atoms with Gasteiger partial charge in [0.15, 0.2) is 5.78 Å². The second kappa shape index (κ2) is 13.7. The van der Waals surface area contributed by atoms with Crippen molar-refractivity contribution in [2.75, 3.05) is 30.8 Å². The lowest BCUT2D eigenvalue weighted by molar-refractivity contribution is -0.140. The molecule has 40 heavy (non-hydrogen) atoms. The van der Waals surface area contributed by atoms with Crippen LogP contribution in [0.3, 0.4) is 0 Å². The first kappa shape index (κ1) is 30.4. The van der Waals surface area contributed by atoms with Crippen molar-refractivity contribution in [3.8, 4) is 5.75 Å². The van der Waals surface area contributed by atoms with E-state index in [0.717, 1.165) is 16.1 Å². The highest BCUT2D eigenvalue weighted by Crippen LogP contribution is 2.22. The number of ether oxygens (including phenoxy) is 1. The summed E-state index contributed by atoms with van der Waals surface area (Å²) in [6.45, 7) is 3.01. The Bertz CT molecular complexity index is 1440. The molecular weight excluding hydrogens is 530 g/mol. The molecule has 0 saturated heterocycles. The van der Waals surface area contributed by atoms with Crippen LogP contribution in [0, 0.1) is 0 Å². The van der Waals surface area contributed by atoms with Gasteiger partial charge in [-0.3, -0.25) is 18.7 Å². The average molecular weight is 566 g/mol. The van der Waals surface area contributed by atoms with Gasteiger partial charge in [0.2, 0.25) is 21.8 Å². The van der Waals surface area contributed by atoms with Gasteiger partial charge in [-0.15, -0.1) is 0 Å². The number of likely N-dealkylation sites (N-methyl/N-ethyl adjacent to an activating group) is 1. The maximum Gasteiger partial charge on any atom is 0.244 e. The van der Waals surface area contributed by atoms with Gasteiger partial charge in [-0.1, -0.05) is 54.6 Å². The SMILES string of the molecule is CCNC(=O)[C@H](Cc1ccccc1)N(Cc1cccc(OC)c1)C(=O)CN(c1cccc(C(C)=O)c1)S(C)(=O)=O. The second-order valence-corrected chi connectivity index (χ2v) is 11.3. The first-order valence-corrected chi connectivity index (χ1v) is 14.7. The van der Waals surface area contributed by atoms with Gasteiger partial charge < -0.3 is 15.0 Å². The van der Waals surface area contributed by atoms with Crippen molar-refractivity contribution in [2.24, 2.45) is 0 Å². The number of rotatable bonds is 13. The molecule has 3 aromatic rings. The maximum absolute atomic E-state index is 14.0. The monoisotopic (exact) mass is 565 g/mol. The molecule has 0 aliphatic rings. The Labute approximate surface area is 235 Å². The number of ketones is 1. The largest absolute Gasteiger partial charge is 0.497 e. The van der Waals surface area contributed by atoms with Crippen LogP contribution in [-0.4, -0.2) is 63.4 Å². The van der Waals surface area contributed by atoms with Crippen LogP contribution in [0.25, 0.3) is 0 Å². The van der Waals surface area contributed by atoms with Crippen molar-refractivity contribution < 1.29 is 27.5 Å². The summed E-state index contributed by atoms with van der Waals surface area (Å²) in [7, 11) is -2.40. The van der Waals surface area contributed by atoms with E-state index in [9.17, 15) is 22.8 Å². The molecule has 0 aromatic heterocycles. The lowest BCUT2D eigenvalue weighted by atomic mass is 10.0. The Balaban J connectivity index is 2.07. The molecule has 2 amide bonds. The standard InChI is InChI=1S/C30H35N3O6S/c1-5-31-30(36)28(18-23-11-7-6-8-12-23)32(20-24-13-9-16-27(17-24)39-3)29(35)21-33(40(4,37)38)26-15-10-14-25(19-26)22(2)34/h6-17,19,28H,5,18,20-21H2,1-4H3,(H,31,36)/t28-/m0/s1. The quantitative estimate of drug-likeness (QED) is 0.318. The summed E-state index contributed by atoms with van der Waals surface area (Å²) in [4.78, 5) is 40.8. The summed E-state index contributed by atoms with van der Waals surface area (Å²) in [5.41, 5.74) is 2.05. The average Bonchev–Trinajstić information content (AvgIpc) is 2.93. The number of Topliss-reactive ketones (excluding diaryl/α,β-unsaturated/α-hetero) is 1. The van der Waals surface area contributed by atoms with Crippen LogP contribution in [0.5, 0.6) is 5.75 Å². The van der Waals surface area contributed by atoms with E-state index in [1.807, 2.05) is 36.4 Å². The van der Waals surface area contributed by atoms with Crippen LogP contribution in [0.4, 0.5) is 5.69 Å². The lowest BCUT2D eigenvalue weighted by Gasteiger charge is -2.33. The van der Waals surface area contributed by atoms with Crippen molar-refractivity contribution in [1.82, 2.24) is 10.2 Å². The Hall–Kier alpha value is -4.18. The van der Waals surface area contributed by atoms with Crippen LogP contribution in [0.2, 0.25) is 0 Å². The molecule has 0 spiro atoms. The van der Waals surface area contributed by atoms with Gasteiger partial charge in [-0.05, 0) is 49.2 Å². The number of carbonyl (C=O) groups excluding carboxylic acids is 3. The number of amides is 2. The topological polar surface area (TPSA) is 113 Å². The van der Waals surface area contributed by atoms with Crippen LogP contribution in [0.1, 0.15) is 35.3 Å². The smallest absolute Gasteiger partial charge is 0.244 e. The minimum atomic E-state index is -3.93. The predicted molar refractivity (Wildman–Crippen MR) is 155 cm³/mol. The first-order chi connectivity index (χ1) is 19.0. The molecule has 1 atom stereocenters. The predicted octanol–water partition coefficient (Wildman–Crippen LogP) is 3.44. The van der Waals surface area contributed by atoms with Crippen molar-refractivity contribution in [2.45, 2.75) is 32.9 Å². The Kier molecular flexibility index (Phi) is 10.4. The number of sulfonamides is 1. The molecule has 212 valence electrons. The van der Waals surface area contributed by atoms with Gasteiger partial charge in [0.1, 0.15) is 18.3 Å². The molecule has 0 saturated carbocycles. The molecule has 3 rings (SSSR count). The van der Waals surface area contributed by atoms with Gasteiger partial charge in [-0.25, -0.2) is 8.42 Å². The lowest BCUT2D eigenvalue weighted by Crippen LogP contribution is -2.53. The van der Waals surface area contributed by atoms with Gasteiger partial charge in [0.25, 0.3) is 0 Å². The van der Waals surface area contributed by atoms with Crippen molar-refractivity contribution >= 4 is 33.3 Å². The minimum Gasteiger partial charge on any atom is -0.497 e. The zero-order valence-electron chi connectivity index (χ0n) is 23.2. The van der Waals surface area contributed by atoms with E-state index in [4.69, 9.17) is 4.74 Å². The third-order valence-electron chi connectivity index (χ3n) is 6.33. The van der Waals surface area contributed by atoms with E-state index in [2.05, 4.69) is 5.32 Å². The highest BCUT2D eigenvalue weighted by molar-refractivity contribution is 7.92. The zero-order chi connectivity index (χ0) is 29.3. The fraction of sp³-hybridized carbons (Fsp3) is 0.300. The van der Waals surface area contributed by atoms with E-state index in [1.165, 1.54) is 31.1 Å². The highest BCUT2D eigenvalue weighted by atomic mass is 32.2. The molecule has 0 radical (unpaired) electrons. The van der Waals surface area contributed by atoms with E-state index >= 15 is 0 Å². The van der Waals surface area contributed by atoms with Crippen LogP contribution in [0.15, 0.2) is 78.9 Å². The number of nitrogens with one attached hydrogen (secondary N) is 1. The number of methoxy groups -OCH3 is 1. The molecule has 10 heteroatoms. The van der Waals surface area contributed by atoms with Crippen LogP contribution in [-0.2, 0) is 32.6 Å². The van der Waals surface area contributed by atoms with Gasteiger partial charge in [0, 0.05) is 25.1 Å². The number of anilines is 1. The van der Waals surface area contributed by atoms with E-state index in [-0.39, 0.29) is 30.3 Å². The van der Waals surface area contributed by atoms with Gasteiger partial charge in [-0.2, -0.15) is 0 Å². The molecule has 0 unspecified atom stereocenters. The number of hydrogen-bond acceptors (Lipinski definition) is 6. The third-order valence-corrected chi connectivity index (χ3v) is 7.47.